The molecule has 0 bridgehead atoms. The second-order valence-electron chi connectivity index (χ2n) is 2.80. The molecule has 0 aromatic heterocycles. The monoisotopic (exact) mass is 177 g/mol. The molecule has 3 heteroatoms. The number of ether oxygens (including phenoxy) is 1. The highest BCUT2D eigenvalue weighted by Gasteiger charge is 1.97. The van der Waals surface area contributed by atoms with Crippen LogP contribution in [0.25, 0.3) is 0 Å². The van der Waals surface area contributed by atoms with E-state index in [0.29, 0.717) is 11.3 Å². The Morgan fingerprint density at radius 3 is 2.54 bits per heavy atom. The van der Waals surface area contributed by atoms with E-state index in [9.17, 15) is 0 Å². The molecule has 0 fully saturated rings. The van der Waals surface area contributed by atoms with Gasteiger partial charge in [-0.05, 0) is 31.2 Å². The van der Waals surface area contributed by atoms with Gasteiger partial charge in [0.2, 0.25) is 0 Å². The molecule has 0 heterocycles. The van der Waals surface area contributed by atoms with Crippen molar-refractivity contribution in [1.29, 1.82) is 5.26 Å². The summed E-state index contributed by atoms with van der Waals surface area (Å²) in [5.41, 5.74) is 0.601. The maximum atomic E-state index is 8.94. The molecule has 0 radical (unpaired) electrons. The lowest BCUT2D eigenvalue weighted by molar-refractivity contribution is 0.123. The zero-order valence-corrected chi connectivity index (χ0v) is 7.40. The van der Waals surface area contributed by atoms with E-state index >= 15 is 0 Å². The molecule has 0 aliphatic rings. The quantitative estimate of drug-likeness (QED) is 0.757. The van der Waals surface area contributed by atoms with Crippen molar-refractivity contribution < 1.29 is 9.84 Å². The van der Waals surface area contributed by atoms with Crippen LogP contribution in [0.5, 0.6) is 5.75 Å². The Bertz CT molecular complexity index is 298. The zero-order chi connectivity index (χ0) is 9.68. The molecular weight excluding hydrogens is 166 g/mol. The molecule has 0 spiro atoms. The highest BCUT2D eigenvalue weighted by molar-refractivity contribution is 5.34. The fourth-order valence-electron chi connectivity index (χ4n) is 0.843. The predicted molar refractivity (Wildman–Crippen MR) is 48.3 cm³/mol. The average Bonchev–Trinajstić information content (AvgIpc) is 2.15. The minimum Gasteiger partial charge on any atom is -0.491 e. The molecule has 1 aromatic rings. The lowest BCUT2D eigenvalue weighted by Crippen LogP contribution is -2.12. The number of hydrogen-bond donors (Lipinski definition) is 1. The molecule has 1 rings (SSSR count). The number of aliphatic hydroxyl groups excluding tert-OH is 1. The van der Waals surface area contributed by atoms with E-state index in [0.717, 1.165) is 0 Å². The summed E-state index contributed by atoms with van der Waals surface area (Å²) in [6.45, 7) is 1.93. The van der Waals surface area contributed by atoms with Gasteiger partial charge in [0.25, 0.3) is 0 Å². The second-order valence-corrected chi connectivity index (χ2v) is 2.80. The summed E-state index contributed by atoms with van der Waals surface area (Å²) >= 11 is 0. The number of benzene rings is 1. The zero-order valence-electron chi connectivity index (χ0n) is 7.40. The van der Waals surface area contributed by atoms with E-state index in [-0.39, 0.29) is 6.61 Å². The van der Waals surface area contributed by atoms with Gasteiger partial charge in [-0.15, -0.1) is 0 Å². The fraction of sp³-hybridized carbons (Fsp3) is 0.300. The molecule has 0 saturated heterocycles. The van der Waals surface area contributed by atoms with Crippen LogP contribution < -0.4 is 4.74 Å². The van der Waals surface area contributed by atoms with E-state index in [2.05, 4.69) is 0 Å². The summed E-state index contributed by atoms with van der Waals surface area (Å²) in [6.07, 6.45) is -0.476. The van der Waals surface area contributed by atoms with Crippen molar-refractivity contribution in [3.8, 4) is 11.8 Å². The first-order chi connectivity index (χ1) is 6.22. The lowest BCUT2D eigenvalue weighted by atomic mass is 10.2. The van der Waals surface area contributed by atoms with Crippen LogP contribution >= 0.6 is 0 Å². The van der Waals surface area contributed by atoms with Gasteiger partial charge >= 0.3 is 0 Å². The van der Waals surface area contributed by atoms with Crippen LogP contribution in [0, 0.1) is 11.3 Å². The van der Waals surface area contributed by atoms with Gasteiger partial charge in [-0.2, -0.15) is 5.26 Å². The molecule has 13 heavy (non-hydrogen) atoms. The van der Waals surface area contributed by atoms with E-state index in [1.807, 2.05) is 6.07 Å². The summed E-state index contributed by atoms with van der Waals surface area (Å²) in [4.78, 5) is 0. The van der Waals surface area contributed by atoms with Crippen LogP contribution in [-0.4, -0.2) is 17.8 Å². The molecule has 68 valence electrons. The Labute approximate surface area is 77.2 Å². The Morgan fingerprint density at radius 1 is 1.46 bits per heavy atom. The maximum Gasteiger partial charge on any atom is 0.119 e. The molecule has 3 nitrogen and oxygen atoms in total. The summed E-state index contributed by atoms with van der Waals surface area (Å²) in [5, 5.41) is 17.5. The maximum absolute atomic E-state index is 8.94. The number of nitrogens with zero attached hydrogens (tertiary/aromatic N) is 1. The van der Waals surface area contributed by atoms with Gasteiger partial charge in [0.15, 0.2) is 0 Å². The Balaban J connectivity index is 2.55. The van der Waals surface area contributed by atoms with Crippen molar-refractivity contribution >= 4 is 0 Å². The molecule has 0 amide bonds. The third-order valence-corrected chi connectivity index (χ3v) is 1.47. The van der Waals surface area contributed by atoms with Crippen LogP contribution in [0.2, 0.25) is 0 Å². The van der Waals surface area contributed by atoms with Crippen molar-refractivity contribution in [3.05, 3.63) is 29.8 Å². The third-order valence-electron chi connectivity index (χ3n) is 1.47. The number of hydrogen-bond acceptors (Lipinski definition) is 3. The topological polar surface area (TPSA) is 53.2 Å². The molecular formula is C10H11NO2. The van der Waals surface area contributed by atoms with Crippen molar-refractivity contribution in [2.75, 3.05) is 6.61 Å². The minimum absolute atomic E-state index is 0.270. The van der Waals surface area contributed by atoms with Gasteiger partial charge in [0.05, 0.1) is 17.7 Å². The van der Waals surface area contributed by atoms with E-state index in [1.165, 1.54) is 0 Å². The summed E-state index contributed by atoms with van der Waals surface area (Å²) < 4.78 is 5.21. The number of aliphatic hydroxyl groups is 1. The Kier molecular flexibility index (Phi) is 3.30. The van der Waals surface area contributed by atoms with Crippen molar-refractivity contribution in [1.82, 2.24) is 0 Å². The normalized spacial score (nSPS) is 11.8. The highest BCUT2D eigenvalue weighted by atomic mass is 16.5. The average molecular weight is 177 g/mol. The van der Waals surface area contributed by atoms with E-state index in [4.69, 9.17) is 15.1 Å². The molecule has 0 saturated carbocycles. The summed E-state index contributed by atoms with van der Waals surface area (Å²) in [5.74, 6) is 0.667. The van der Waals surface area contributed by atoms with Crippen LogP contribution in [0.3, 0.4) is 0 Å². The van der Waals surface area contributed by atoms with Gasteiger partial charge in [0.1, 0.15) is 12.4 Å². The van der Waals surface area contributed by atoms with Gasteiger partial charge in [-0.25, -0.2) is 0 Å². The standard InChI is InChI=1S/C10H11NO2/c1-8(12)7-13-10-4-2-9(6-11)3-5-10/h2-5,8,12H,7H2,1H3/t8-/m0/s1. The van der Waals surface area contributed by atoms with Crippen molar-refractivity contribution in [2.24, 2.45) is 0 Å². The van der Waals surface area contributed by atoms with E-state index in [1.54, 1.807) is 31.2 Å². The highest BCUT2D eigenvalue weighted by Crippen LogP contribution is 2.11. The van der Waals surface area contributed by atoms with Crippen molar-refractivity contribution in [3.63, 3.8) is 0 Å². The first kappa shape index (κ1) is 9.56. The smallest absolute Gasteiger partial charge is 0.119 e. The van der Waals surface area contributed by atoms with Gasteiger partial charge < -0.3 is 9.84 Å². The predicted octanol–water partition coefficient (Wildman–Crippen LogP) is 1.32. The van der Waals surface area contributed by atoms with Crippen LogP contribution in [0.1, 0.15) is 12.5 Å². The van der Waals surface area contributed by atoms with Gasteiger partial charge in [-0.1, -0.05) is 0 Å². The van der Waals surface area contributed by atoms with Crippen molar-refractivity contribution in [2.45, 2.75) is 13.0 Å². The van der Waals surface area contributed by atoms with Crippen LogP contribution in [-0.2, 0) is 0 Å². The minimum atomic E-state index is -0.476. The molecule has 1 aromatic carbocycles. The second kappa shape index (κ2) is 4.48. The third kappa shape index (κ3) is 3.14. The Hall–Kier alpha value is -1.53. The SMILES string of the molecule is C[C@H](O)COc1ccc(C#N)cc1. The fourth-order valence-corrected chi connectivity index (χ4v) is 0.843. The summed E-state index contributed by atoms with van der Waals surface area (Å²) in [7, 11) is 0. The van der Waals surface area contributed by atoms with Crippen LogP contribution in [0.15, 0.2) is 24.3 Å². The van der Waals surface area contributed by atoms with E-state index < -0.39 is 6.10 Å². The number of rotatable bonds is 3. The van der Waals surface area contributed by atoms with Gasteiger partial charge in [-0.3, -0.25) is 0 Å². The Morgan fingerprint density at radius 2 is 2.08 bits per heavy atom. The molecule has 1 atom stereocenters. The lowest BCUT2D eigenvalue weighted by Gasteiger charge is -2.07. The first-order valence-corrected chi connectivity index (χ1v) is 4.03. The number of nitriles is 1. The largest absolute Gasteiger partial charge is 0.491 e. The molecule has 0 unspecified atom stereocenters. The first-order valence-electron chi connectivity index (χ1n) is 4.03. The molecule has 0 aliphatic carbocycles. The van der Waals surface area contributed by atoms with Gasteiger partial charge in [0, 0.05) is 0 Å². The molecule has 0 aliphatic heterocycles. The summed E-state index contributed by atoms with van der Waals surface area (Å²) in [6, 6.07) is 8.79. The molecule has 1 N–H and O–H groups in total. The van der Waals surface area contributed by atoms with Crippen LogP contribution in [0.4, 0.5) is 0 Å².